The molecule has 3 atom stereocenters. The molecule has 2 aromatic rings. The average molecular weight is 551 g/mol. The molecule has 3 aliphatic heterocycles. The molecule has 200 valence electrons. The van der Waals surface area contributed by atoms with Crippen LogP contribution in [0.3, 0.4) is 0 Å². The van der Waals surface area contributed by atoms with Crippen LogP contribution in [0.1, 0.15) is 50.8 Å². The summed E-state index contributed by atoms with van der Waals surface area (Å²) >= 11 is 7.73. The number of thioether (sulfide) groups is 1. The molecule has 2 amide bonds. The van der Waals surface area contributed by atoms with Crippen molar-refractivity contribution in [3.8, 4) is 0 Å². The lowest BCUT2D eigenvalue weighted by atomic mass is 9.82. The molecule has 0 aliphatic carbocycles. The van der Waals surface area contributed by atoms with Crippen LogP contribution in [0.15, 0.2) is 70.2 Å². The van der Waals surface area contributed by atoms with E-state index in [-0.39, 0.29) is 23.8 Å². The van der Waals surface area contributed by atoms with E-state index < -0.39 is 11.6 Å². The first-order chi connectivity index (χ1) is 18.1. The Kier molecular flexibility index (Phi) is 7.35. The normalized spacial score (nSPS) is 24.8. The zero-order chi connectivity index (χ0) is 27.2. The molecule has 5 rings (SSSR count). The van der Waals surface area contributed by atoms with Crippen molar-refractivity contribution < 1.29 is 9.59 Å². The van der Waals surface area contributed by atoms with Crippen LogP contribution in [-0.2, 0) is 16.0 Å². The molecule has 1 saturated heterocycles. The van der Waals surface area contributed by atoms with Gasteiger partial charge in [0.25, 0.3) is 5.91 Å². The number of likely N-dealkylation sites (tertiary alicyclic amines) is 1. The number of benzene rings is 2. The van der Waals surface area contributed by atoms with E-state index >= 15 is 0 Å². The van der Waals surface area contributed by atoms with Crippen LogP contribution in [0.25, 0.3) is 0 Å². The Labute approximate surface area is 234 Å². The molecule has 6 nitrogen and oxygen atoms in total. The predicted octanol–water partition coefficient (Wildman–Crippen LogP) is 5.75. The van der Waals surface area contributed by atoms with Crippen LogP contribution in [0, 0.1) is 5.92 Å². The number of hydrogen-bond acceptors (Lipinski definition) is 5. The molecule has 0 aromatic heterocycles. The molecule has 0 bridgehead atoms. The van der Waals surface area contributed by atoms with Gasteiger partial charge in [0.1, 0.15) is 10.9 Å². The maximum atomic E-state index is 14.0. The van der Waals surface area contributed by atoms with Crippen LogP contribution in [-0.4, -0.2) is 63.9 Å². The Balaban J connectivity index is 1.56. The maximum Gasteiger partial charge on any atom is 0.263 e. The van der Waals surface area contributed by atoms with E-state index in [9.17, 15) is 9.59 Å². The van der Waals surface area contributed by atoms with Crippen LogP contribution >= 0.6 is 23.4 Å². The number of carbonyl (C=O) groups excluding carboxylic acids is 2. The van der Waals surface area contributed by atoms with Gasteiger partial charge in [0.2, 0.25) is 5.91 Å². The molecule has 3 aliphatic rings. The zero-order valence-electron chi connectivity index (χ0n) is 22.6. The first kappa shape index (κ1) is 26.8. The van der Waals surface area contributed by atoms with Crippen molar-refractivity contribution in [2.45, 2.75) is 57.7 Å². The minimum absolute atomic E-state index is 0.0159. The fraction of sp³-hybridized carbons (Fsp3) is 0.433. The molecule has 0 N–H and O–H groups in total. The minimum Gasteiger partial charge on any atom is -0.347 e. The maximum absolute atomic E-state index is 14.0. The lowest BCUT2D eigenvalue weighted by Crippen LogP contribution is -2.46. The second-order valence-electron chi connectivity index (χ2n) is 11.1. The van der Waals surface area contributed by atoms with Crippen molar-refractivity contribution in [2.24, 2.45) is 10.9 Å². The largest absolute Gasteiger partial charge is 0.347 e. The number of fused-ring (bicyclic) bond motifs is 1. The van der Waals surface area contributed by atoms with Crippen molar-refractivity contribution in [1.29, 1.82) is 0 Å². The molecule has 0 unspecified atom stereocenters. The molecule has 1 fully saturated rings. The highest BCUT2D eigenvalue weighted by Gasteiger charge is 2.53. The monoisotopic (exact) mass is 550 g/mol. The van der Waals surface area contributed by atoms with Gasteiger partial charge in [-0.25, -0.2) is 0 Å². The number of allylic oxidation sites excluding steroid dienone is 1. The summed E-state index contributed by atoms with van der Waals surface area (Å²) in [5, 5.41) is 1.54. The van der Waals surface area contributed by atoms with Gasteiger partial charge >= 0.3 is 0 Å². The lowest BCUT2D eigenvalue weighted by molar-refractivity contribution is -0.140. The van der Waals surface area contributed by atoms with Gasteiger partial charge in [-0.1, -0.05) is 67.9 Å². The Bertz CT molecular complexity index is 1290. The van der Waals surface area contributed by atoms with Gasteiger partial charge in [-0.15, -0.1) is 0 Å². The summed E-state index contributed by atoms with van der Waals surface area (Å²) in [4.78, 5) is 38.6. The van der Waals surface area contributed by atoms with Gasteiger partial charge in [0.15, 0.2) is 5.17 Å². The highest BCUT2D eigenvalue weighted by Crippen LogP contribution is 2.53. The van der Waals surface area contributed by atoms with E-state index in [4.69, 9.17) is 16.6 Å². The van der Waals surface area contributed by atoms with E-state index in [1.54, 1.807) is 23.9 Å². The van der Waals surface area contributed by atoms with Gasteiger partial charge in [-0.05, 0) is 67.1 Å². The van der Waals surface area contributed by atoms with Crippen molar-refractivity contribution in [3.63, 3.8) is 0 Å². The van der Waals surface area contributed by atoms with Crippen LogP contribution in [0.5, 0.6) is 0 Å². The summed E-state index contributed by atoms with van der Waals surface area (Å²) in [5.74, 6) is 0.0135. The van der Waals surface area contributed by atoms with Crippen LogP contribution < -0.4 is 0 Å². The van der Waals surface area contributed by atoms with Crippen molar-refractivity contribution in [2.75, 3.05) is 20.6 Å². The summed E-state index contributed by atoms with van der Waals surface area (Å²) in [6.45, 7) is 7.06. The molecule has 3 heterocycles. The van der Waals surface area contributed by atoms with E-state index in [1.807, 2.05) is 18.2 Å². The number of carbonyl (C=O) groups is 2. The van der Waals surface area contributed by atoms with Gasteiger partial charge in [0, 0.05) is 31.4 Å². The first-order valence-electron chi connectivity index (χ1n) is 13.2. The number of amides is 2. The second kappa shape index (κ2) is 10.4. The number of rotatable bonds is 6. The molecule has 0 spiro atoms. The highest BCUT2D eigenvalue weighted by atomic mass is 35.5. The number of nitrogens with zero attached hydrogens (tertiary/aromatic N) is 4. The molecule has 0 radical (unpaired) electrons. The van der Waals surface area contributed by atoms with E-state index in [0.717, 1.165) is 29.3 Å². The number of aliphatic imine (C=N–C) groups is 1. The molecular formula is C30H35ClN4O2S. The van der Waals surface area contributed by atoms with Gasteiger partial charge in [-0.3, -0.25) is 14.6 Å². The Morgan fingerprint density at radius 1 is 1.13 bits per heavy atom. The van der Waals surface area contributed by atoms with Crippen molar-refractivity contribution in [3.05, 3.63) is 81.3 Å². The summed E-state index contributed by atoms with van der Waals surface area (Å²) in [6, 6.07) is 17.9. The number of likely N-dealkylation sites (N-methyl/N-ethyl adjacent to an activating group) is 1. The smallest absolute Gasteiger partial charge is 0.263 e. The zero-order valence-corrected chi connectivity index (χ0v) is 24.2. The number of hydrogen-bond donors (Lipinski definition) is 0. The van der Waals surface area contributed by atoms with E-state index in [1.165, 1.54) is 17.3 Å². The molecule has 38 heavy (non-hydrogen) atoms. The molecule has 2 aromatic carbocycles. The summed E-state index contributed by atoms with van der Waals surface area (Å²) in [5.41, 5.74) is 2.88. The van der Waals surface area contributed by atoms with Gasteiger partial charge in [0.05, 0.1) is 11.6 Å². The second-order valence-corrected chi connectivity index (χ2v) is 12.5. The third-order valence-corrected chi connectivity index (χ3v) is 8.97. The van der Waals surface area contributed by atoms with Crippen molar-refractivity contribution >= 4 is 40.3 Å². The summed E-state index contributed by atoms with van der Waals surface area (Å²) < 4.78 is 0. The standard InChI is InChI=1S/C30H35ClN4O2S/c1-19(2)24-25(28(37)34-17-9-12-23(34)27(36)33(4)5)38-29-32-30(3,18-20-10-7-6-8-11-20)26(35(24)29)21-13-15-22(31)16-14-21/h6-8,10-11,13-16,19,23,26H,9,12,17-18H2,1-5H3/t23-,26+,30+/m0/s1. The number of halogens is 1. The van der Waals surface area contributed by atoms with Gasteiger partial charge in [-0.2, -0.15) is 0 Å². The molecular weight excluding hydrogens is 516 g/mol. The quantitative estimate of drug-likeness (QED) is 0.460. The minimum atomic E-state index is -0.441. The lowest BCUT2D eigenvalue weighted by Gasteiger charge is -2.37. The van der Waals surface area contributed by atoms with E-state index in [0.29, 0.717) is 22.9 Å². The Morgan fingerprint density at radius 2 is 1.82 bits per heavy atom. The van der Waals surface area contributed by atoms with Crippen molar-refractivity contribution in [1.82, 2.24) is 14.7 Å². The van der Waals surface area contributed by atoms with Gasteiger partial charge < -0.3 is 14.7 Å². The summed E-state index contributed by atoms with van der Waals surface area (Å²) in [7, 11) is 3.50. The predicted molar refractivity (Wildman–Crippen MR) is 155 cm³/mol. The van der Waals surface area contributed by atoms with Crippen LogP contribution in [0.2, 0.25) is 5.02 Å². The first-order valence-corrected chi connectivity index (χ1v) is 14.4. The third kappa shape index (κ3) is 4.75. The third-order valence-electron chi connectivity index (χ3n) is 7.66. The highest BCUT2D eigenvalue weighted by molar-refractivity contribution is 8.18. The topological polar surface area (TPSA) is 56.2 Å². The Morgan fingerprint density at radius 3 is 2.45 bits per heavy atom. The summed E-state index contributed by atoms with van der Waals surface area (Å²) in [6.07, 6.45) is 2.30. The van der Waals surface area contributed by atoms with E-state index in [2.05, 4.69) is 62.1 Å². The number of amidine groups is 1. The molecule has 0 saturated carbocycles. The average Bonchev–Trinajstić information content (AvgIpc) is 3.56. The fourth-order valence-corrected chi connectivity index (χ4v) is 7.48. The Hall–Kier alpha value is -2.77. The van der Waals surface area contributed by atoms with Crippen LogP contribution in [0.4, 0.5) is 0 Å². The fourth-order valence-electron chi connectivity index (χ4n) is 5.98. The SMILES string of the molecule is CC(C)C1=C(C(=O)N2CCC[C@H]2C(=O)N(C)C)SC2=N[C@](C)(Cc3ccccc3)[C@@H](c3ccc(Cl)cc3)N21. The molecule has 8 heteroatoms.